The largest absolute Gasteiger partial charge is 0.458 e. The van der Waals surface area contributed by atoms with Crippen LogP contribution in [0, 0.1) is 17.8 Å². The normalized spacial score (nSPS) is 36.7. The SMILES string of the molecule is CC[C@H]1OC(=O)[C@H](C)C(=O)C[C@@H](OC2O[C@H](C)C[C@H](N(C)C)[C@H]2O)[C@@](C)(OC/C=C/c2ccc(-c3nnn(C)n3)s2)C[C@@H](C)C(=O)[C@H](C)[C@H]2NC(=O)O[C@@]21C. The van der Waals surface area contributed by atoms with Gasteiger partial charge in [-0.1, -0.05) is 26.8 Å². The Labute approximate surface area is 326 Å². The van der Waals surface area contributed by atoms with Gasteiger partial charge in [0.05, 0.1) is 42.4 Å². The third-order valence-corrected chi connectivity index (χ3v) is 12.3. The Hall–Kier alpha value is -3.61. The molecule has 304 valence electrons. The third kappa shape index (κ3) is 9.34. The molecule has 2 aromatic rings. The Bertz CT molecular complexity index is 1730. The minimum absolute atomic E-state index is 0.0583. The lowest BCUT2D eigenvalue weighted by Crippen LogP contribution is -2.58. The molecular weight excluding hydrogens is 733 g/mol. The first-order valence-corrected chi connectivity index (χ1v) is 19.7. The number of thiophene rings is 1. The van der Waals surface area contributed by atoms with E-state index in [-0.39, 0.29) is 43.8 Å². The fourth-order valence-corrected chi connectivity index (χ4v) is 8.83. The zero-order valence-corrected chi connectivity index (χ0v) is 34.2. The lowest BCUT2D eigenvalue weighted by molar-refractivity contribution is -0.290. The Balaban J connectivity index is 1.50. The first-order valence-electron chi connectivity index (χ1n) is 18.9. The van der Waals surface area contributed by atoms with Crippen molar-refractivity contribution in [2.45, 2.75) is 128 Å². The van der Waals surface area contributed by atoms with Crippen molar-refractivity contribution in [3.05, 3.63) is 23.1 Å². The summed E-state index contributed by atoms with van der Waals surface area (Å²) in [5, 5.41) is 26.5. The summed E-state index contributed by atoms with van der Waals surface area (Å²) in [7, 11) is 5.42. The molecule has 1 unspecified atom stereocenters. The fraction of sp³-hybridized carbons (Fsp3) is 0.711. The van der Waals surface area contributed by atoms with E-state index in [4.69, 9.17) is 23.7 Å². The summed E-state index contributed by atoms with van der Waals surface area (Å²) in [6, 6.07) is 2.70. The zero-order valence-electron chi connectivity index (χ0n) is 33.4. The number of carbonyl (C=O) groups is 4. The average molecular weight is 789 g/mol. The molecule has 3 aliphatic heterocycles. The topological polar surface area (TPSA) is 194 Å². The maximum absolute atomic E-state index is 14.3. The number of aliphatic hydroxyl groups is 1. The molecule has 5 heterocycles. The van der Waals surface area contributed by atoms with E-state index in [0.717, 1.165) is 9.75 Å². The van der Waals surface area contributed by atoms with Crippen molar-refractivity contribution in [2.75, 3.05) is 20.7 Å². The van der Waals surface area contributed by atoms with Crippen molar-refractivity contribution >= 4 is 41.0 Å². The van der Waals surface area contributed by atoms with Crippen molar-refractivity contribution in [2.24, 2.45) is 24.8 Å². The molecule has 2 aromatic heterocycles. The summed E-state index contributed by atoms with van der Waals surface area (Å²) in [6.45, 7) is 12.1. The van der Waals surface area contributed by atoms with Crippen LogP contribution in [-0.2, 0) is 45.1 Å². The second kappa shape index (κ2) is 17.3. The van der Waals surface area contributed by atoms with Crippen LogP contribution >= 0.6 is 11.3 Å². The van der Waals surface area contributed by atoms with Gasteiger partial charge in [0, 0.05) is 29.2 Å². The summed E-state index contributed by atoms with van der Waals surface area (Å²) < 4.78 is 31.1. The molecule has 5 rings (SSSR count). The number of hydrogen-bond donors (Lipinski definition) is 2. The maximum atomic E-state index is 14.3. The summed E-state index contributed by atoms with van der Waals surface area (Å²) in [6.07, 6.45) is -0.939. The first-order chi connectivity index (χ1) is 25.9. The number of aryl methyl sites for hydroxylation is 1. The van der Waals surface area contributed by atoms with E-state index in [1.54, 1.807) is 41.7 Å². The lowest BCUT2D eigenvalue weighted by atomic mass is 9.75. The molecule has 0 spiro atoms. The quantitative estimate of drug-likeness (QED) is 0.277. The van der Waals surface area contributed by atoms with Gasteiger partial charge in [-0.25, -0.2) is 4.79 Å². The van der Waals surface area contributed by atoms with Gasteiger partial charge >= 0.3 is 12.1 Å². The number of fused-ring (bicyclic) bond motifs is 1. The van der Waals surface area contributed by atoms with Crippen molar-refractivity contribution in [1.29, 1.82) is 0 Å². The number of likely N-dealkylation sites (N-methyl/N-ethyl adjacent to an activating group) is 1. The number of rotatable bonds is 9. The number of ether oxygens (including phenoxy) is 5. The van der Waals surface area contributed by atoms with Crippen LogP contribution in [0.4, 0.5) is 4.79 Å². The molecule has 0 saturated carbocycles. The predicted octanol–water partition coefficient (Wildman–Crippen LogP) is 3.57. The number of cyclic esters (lactones) is 1. The van der Waals surface area contributed by atoms with E-state index in [2.05, 4.69) is 20.7 Å². The van der Waals surface area contributed by atoms with Gasteiger partial charge in [-0.2, -0.15) is 4.80 Å². The van der Waals surface area contributed by atoms with E-state index in [1.807, 2.05) is 50.2 Å². The molecule has 0 aromatic carbocycles. The third-order valence-electron chi connectivity index (χ3n) is 11.2. The molecule has 3 fully saturated rings. The molecular formula is C38H56N6O10S. The summed E-state index contributed by atoms with van der Waals surface area (Å²) in [5.74, 6) is -3.61. The van der Waals surface area contributed by atoms with E-state index in [9.17, 15) is 24.3 Å². The molecule has 1 amide bonds. The minimum Gasteiger partial charge on any atom is -0.458 e. The number of nitrogens with zero attached hydrogens (tertiary/aromatic N) is 5. The number of alkyl carbamates (subject to hydrolysis) is 1. The van der Waals surface area contributed by atoms with E-state index < -0.39 is 77.4 Å². The predicted molar refractivity (Wildman–Crippen MR) is 202 cm³/mol. The second-order valence-corrected chi connectivity index (χ2v) is 16.9. The Morgan fingerprint density at radius 3 is 2.53 bits per heavy atom. The molecule has 0 aliphatic carbocycles. The highest BCUT2D eigenvalue weighted by molar-refractivity contribution is 7.16. The molecule has 3 saturated heterocycles. The van der Waals surface area contributed by atoms with Crippen LogP contribution in [0.3, 0.4) is 0 Å². The van der Waals surface area contributed by atoms with Gasteiger partial charge in [-0.15, -0.1) is 21.5 Å². The lowest BCUT2D eigenvalue weighted by Gasteiger charge is -2.45. The Kier molecular flexibility index (Phi) is 13.3. The number of aliphatic hydroxyl groups excluding tert-OH is 1. The van der Waals surface area contributed by atoms with Crippen LogP contribution in [0.2, 0.25) is 0 Å². The van der Waals surface area contributed by atoms with Crippen LogP contribution in [-0.4, -0.2) is 129 Å². The number of tetrazole rings is 1. The fourth-order valence-electron chi connectivity index (χ4n) is 7.97. The second-order valence-electron chi connectivity index (χ2n) is 15.7. The van der Waals surface area contributed by atoms with Gasteiger partial charge in [0.2, 0.25) is 5.82 Å². The Morgan fingerprint density at radius 1 is 1.15 bits per heavy atom. The molecule has 16 nitrogen and oxygen atoms in total. The van der Waals surface area contributed by atoms with Gasteiger partial charge in [-0.05, 0) is 84.5 Å². The number of ketones is 2. The maximum Gasteiger partial charge on any atom is 0.408 e. The number of carbonyl (C=O) groups excluding carboxylic acids is 4. The molecule has 12 atom stereocenters. The van der Waals surface area contributed by atoms with Crippen LogP contribution in [0.15, 0.2) is 18.2 Å². The summed E-state index contributed by atoms with van der Waals surface area (Å²) in [4.78, 5) is 59.8. The van der Waals surface area contributed by atoms with Gasteiger partial charge in [0.25, 0.3) is 0 Å². The standard InChI is InChI=1S/C38H56N6O10S/c1-11-28-38(7)32(39-36(49)54-38)23(5)30(46)20(2)19-37(6,50-16-12-13-24-14-15-27(55-24)33-40-42-44(10)41-33)29(18-26(45)22(4)34(48)52-28)53-35-31(47)25(43(8)9)17-21(3)51-35/h12-15,20-23,25,28-29,31-32,35,47H,11,16-19H2,1-10H3,(H,39,49)/b13-12+/t20-,21-,22-,23+,25+,28-,29-,31-,32-,35?,37+,38-/m1/s1. The first kappa shape index (κ1) is 42.5. The molecule has 0 radical (unpaired) electrons. The number of aromatic nitrogens is 4. The van der Waals surface area contributed by atoms with E-state index in [0.29, 0.717) is 12.2 Å². The van der Waals surface area contributed by atoms with Crippen LogP contribution in [0.1, 0.15) is 79.0 Å². The van der Waals surface area contributed by atoms with Crippen molar-refractivity contribution in [1.82, 2.24) is 30.4 Å². The van der Waals surface area contributed by atoms with Gasteiger partial charge in [0.1, 0.15) is 29.7 Å². The Morgan fingerprint density at radius 2 is 1.87 bits per heavy atom. The highest BCUT2D eigenvalue weighted by atomic mass is 32.1. The van der Waals surface area contributed by atoms with Gasteiger partial charge < -0.3 is 39.0 Å². The van der Waals surface area contributed by atoms with Crippen LogP contribution < -0.4 is 5.32 Å². The summed E-state index contributed by atoms with van der Waals surface area (Å²) >= 11 is 1.47. The van der Waals surface area contributed by atoms with Crippen molar-refractivity contribution in [3.63, 3.8) is 0 Å². The monoisotopic (exact) mass is 788 g/mol. The smallest absolute Gasteiger partial charge is 0.408 e. The van der Waals surface area contributed by atoms with Gasteiger partial charge in [-0.3, -0.25) is 14.4 Å². The minimum atomic E-state index is -1.38. The average Bonchev–Trinajstić information content (AvgIpc) is 3.86. The van der Waals surface area contributed by atoms with Crippen molar-refractivity contribution in [3.8, 4) is 10.7 Å². The van der Waals surface area contributed by atoms with E-state index >= 15 is 0 Å². The highest BCUT2D eigenvalue weighted by Crippen LogP contribution is 2.39. The number of esters is 1. The number of Topliss-reactive ketones (excluding diaryl/α,β-unsaturated/α-hetero) is 2. The zero-order chi connectivity index (χ0) is 40.4. The summed E-state index contributed by atoms with van der Waals surface area (Å²) in [5.41, 5.74) is -2.72. The molecule has 2 N–H and O–H groups in total. The van der Waals surface area contributed by atoms with Crippen LogP contribution in [0.25, 0.3) is 16.8 Å². The number of amides is 1. The van der Waals surface area contributed by atoms with Crippen molar-refractivity contribution < 1.29 is 48.0 Å². The van der Waals surface area contributed by atoms with E-state index in [1.165, 1.54) is 23.1 Å². The molecule has 0 bridgehead atoms. The molecule has 17 heteroatoms. The number of hydrogen-bond acceptors (Lipinski definition) is 15. The molecule has 55 heavy (non-hydrogen) atoms. The molecule has 3 aliphatic rings. The number of nitrogens with one attached hydrogen (secondary N) is 1. The van der Waals surface area contributed by atoms with Gasteiger partial charge in [0.15, 0.2) is 11.9 Å². The van der Waals surface area contributed by atoms with Crippen LogP contribution in [0.5, 0.6) is 0 Å². The highest BCUT2D eigenvalue weighted by Gasteiger charge is 2.56.